The van der Waals surface area contributed by atoms with E-state index in [-0.39, 0.29) is 11.4 Å². The summed E-state index contributed by atoms with van der Waals surface area (Å²) in [6, 6.07) is 12.8. The molecule has 0 saturated carbocycles. The van der Waals surface area contributed by atoms with E-state index in [1.807, 2.05) is 44.2 Å². The molecule has 0 radical (unpaired) electrons. The van der Waals surface area contributed by atoms with Gasteiger partial charge in [0.1, 0.15) is 12.3 Å². The van der Waals surface area contributed by atoms with Crippen LogP contribution in [-0.2, 0) is 9.59 Å². The molecule has 156 valence electrons. The maximum Gasteiger partial charge on any atom is 0.294 e. The van der Waals surface area contributed by atoms with Gasteiger partial charge in [0.05, 0.1) is 11.5 Å². The molecule has 3 amide bonds. The van der Waals surface area contributed by atoms with E-state index in [1.54, 1.807) is 18.2 Å². The number of amides is 3. The maximum absolute atomic E-state index is 12.7. The molecular formula is C22H21BrN2O4S. The molecule has 8 heteroatoms. The number of anilines is 1. The molecule has 1 heterocycles. The van der Waals surface area contributed by atoms with E-state index in [9.17, 15) is 14.4 Å². The summed E-state index contributed by atoms with van der Waals surface area (Å²) in [5, 5.41) is 2.23. The van der Waals surface area contributed by atoms with E-state index < -0.39 is 17.1 Å². The number of nitrogens with zero attached hydrogens (tertiary/aromatic N) is 1. The Morgan fingerprint density at radius 1 is 1.20 bits per heavy atom. The van der Waals surface area contributed by atoms with Crippen LogP contribution in [0.5, 0.6) is 5.75 Å². The van der Waals surface area contributed by atoms with Gasteiger partial charge in [-0.15, -0.1) is 0 Å². The number of hydrogen-bond acceptors (Lipinski definition) is 5. The lowest BCUT2D eigenvalue weighted by Crippen LogP contribution is -2.36. The van der Waals surface area contributed by atoms with Gasteiger partial charge in [0, 0.05) is 15.7 Å². The number of hydrogen-bond donors (Lipinski definition) is 1. The molecule has 1 fully saturated rings. The fraction of sp³-hybridized carbons (Fsp3) is 0.227. The average Bonchev–Trinajstić information content (AvgIpc) is 2.96. The van der Waals surface area contributed by atoms with Crippen molar-refractivity contribution < 1.29 is 19.1 Å². The van der Waals surface area contributed by atoms with Crippen molar-refractivity contribution >= 4 is 56.5 Å². The van der Waals surface area contributed by atoms with Crippen LogP contribution in [0.4, 0.5) is 10.5 Å². The molecular weight excluding hydrogens is 468 g/mol. The lowest BCUT2D eigenvalue weighted by Gasteiger charge is -2.12. The highest BCUT2D eigenvalue weighted by molar-refractivity contribution is 9.10. The molecule has 1 saturated heterocycles. The van der Waals surface area contributed by atoms with Crippen molar-refractivity contribution in [3.63, 3.8) is 0 Å². The summed E-state index contributed by atoms with van der Waals surface area (Å²) in [5.41, 5.74) is 2.37. The molecule has 0 unspecified atom stereocenters. The summed E-state index contributed by atoms with van der Waals surface area (Å²) in [4.78, 5) is 38.6. The van der Waals surface area contributed by atoms with Crippen LogP contribution >= 0.6 is 27.7 Å². The van der Waals surface area contributed by atoms with Gasteiger partial charge in [0.2, 0.25) is 5.91 Å². The summed E-state index contributed by atoms with van der Waals surface area (Å²) in [7, 11) is 0. The maximum atomic E-state index is 12.7. The zero-order valence-corrected chi connectivity index (χ0v) is 19.0. The number of rotatable bonds is 7. The van der Waals surface area contributed by atoms with Crippen LogP contribution in [0.3, 0.4) is 0 Å². The lowest BCUT2D eigenvalue weighted by molar-refractivity contribution is -0.127. The number of ether oxygens (including phenoxy) is 1. The van der Waals surface area contributed by atoms with Gasteiger partial charge in [-0.1, -0.05) is 40.5 Å². The smallest absolute Gasteiger partial charge is 0.294 e. The Labute approximate surface area is 187 Å². The highest BCUT2D eigenvalue weighted by atomic mass is 79.9. The minimum absolute atomic E-state index is 0.252. The van der Waals surface area contributed by atoms with Crippen LogP contribution in [-0.4, -0.2) is 35.1 Å². The van der Waals surface area contributed by atoms with Crippen LogP contribution in [0.2, 0.25) is 0 Å². The lowest BCUT2D eigenvalue weighted by atomic mass is 10.2. The predicted molar refractivity (Wildman–Crippen MR) is 122 cm³/mol. The number of imide groups is 1. The molecule has 2 aromatic rings. The number of carbonyl (C=O) groups is 3. The third kappa shape index (κ3) is 5.52. The first-order valence-corrected chi connectivity index (χ1v) is 11.0. The van der Waals surface area contributed by atoms with Crippen LogP contribution in [0, 0.1) is 6.92 Å². The normalized spacial score (nSPS) is 15.0. The van der Waals surface area contributed by atoms with E-state index in [0.717, 1.165) is 33.1 Å². The minimum atomic E-state index is -0.495. The van der Waals surface area contributed by atoms with E-state index in [0.29, 0.717) is 23.6 Å². The number of halogens is 1. The molecule has 1 aliphatic heterocycles. The van der Waals surface area contributed by atoms with E-state index in [2.05, 4.69) is 21.2 Å². The highest BCUT2D eigenvalue weighted by Crippen LogP contribution is 2.34. The second kappa shape index (κ2) is 9.95. The van der Waals surface area contributed by atoms with Gasteiger partial charge in [-0.05, 0) is 61.5 Å². The quantitative estimate of drug-likeness (QED) is 0.540. The molecule has 3 rings (SSSR count). The Balaban J connectivity index is 1.73. The van der Waals surface area contributed by atoms with Crippen LogP contribution in [0.1, 0.15) is 24.5 Å². The van der Waals surface area contributed by atoms with Crippen LogP contribution in [0.25, 0.3) is 6.08 Å². The van der Waals surface area contributed by atoms with Crippen molar-refractivity contribution in [2.45, 2.75) is 20.3 Å². The fourth-order valence-electron chi connectivity index (χ4n) is 2.73. The number of nitrogens with one attached hydrogen (secondary N) is 1. The minimum Gasteiger partial charge on any atom is -0.493 e. The molecule has 6 nitrogen and oxygen atoms in total. The molecule has 0 aliphatic carbocycles. The molecule has 1 N–H and O–H groups in total. The number of thioether (sulfide) groups is 1. The molecule has 0 atom stereocenters. The second-order valence-corrected chi connectivity index (χ2v) is 8.62. The van der Waals surface area contributed by atoms with E-state index in [4.69, 9.17) is 4.74 Å². The van der Waals surface area contributed by atoms with Gasteiger partial charge >= 0.3 is 0 Å². The van der Waals surface area contributed by atoms with Crippen molar-refractivity contribution in [2.24, 2.45) is 0 Å². The van der Waals surface area contributed by atoms with Gasteiger partial charge in [-0.25, -0.2) is 0 Å². The van der Waals surface area contributed by atoms with Gasteiger partial charge in [-0.3, -0.25) is 19.3 Å². The van der Waals surface area contributed by atoms with Crippen LogP contribution in [0.15, 0.2) is 51.8 Å². The van der Waals surface area contributed by atoms with E-state index >= 15 is 0 Å². The molecule has 0 spiro atoms. The zero-order valence-electron chi connectivity index (χ0n) is 16.6. The summed E-state index contributed by atoms with van der Waals surface area (Å²) in [6.45, 7) is 4.16. The molecule has 1 aliphatic rings. The molecule has 2 aromatic carbocycles. The third-order valence-electron chi connectivity index (χ3n) is 4.23. The summed E-state index contributed by atoms with van der Waals surface area (Å²) in [5.74, 6) is -0.300. The summed E-state index contributed by atoms with van der Waals surface area (Å²) in [6.07, 6.45) is 2.47. The average molecular weight is 489 g/mol. The number of carbonyl (C=O) groups excluding carboxylic acids is 3. The Bertz CT molecular complexity index is 1000. The first-order chi connectivity index (χ1) is 14.4. The number of benzene rings is 2. The summed E-state index contributed by atoms with van der Waals surface area (Å²) >= 11 is 4.23. The van der Waals surface area contributed by atoms with Crippen molar-refractivity contribution in [2.75, 3.05) is 18.5 Å². The van der Waals surface area contributed by atoms with Gasteiger partial charge in [-0.2, -0.15) is 0 Å². The first-order valence-electron chi connectivity index (χ1n) is 9.41. The fourth-order valence-corrected chi connectivity index (χ4v) is 3.94. The van der Waals surface area contributed by atoms with E-state index in [1.165, 1.54) is 0 Å². The van der Waals surface area contributed by atoms with Gasteiger partial charge < -0.3 is 10.1 Å². The molecule has 30 heavy (non-hydrogen) atoms. The second-order valence-electron chi connectivity index (χ2n) is 6.71. The molecule has 0 aromatic heterocycles. The Kier molecular flexibility index (Phi) is 7.33. The van der Waals surface area contributed by atoms with Gasteiger partial charge in [0.15, 0.2) is 0 Å². The topological polar surface area (TPSA) is 75.7 Å². The Morgan fingerprint density at radius 3 is 2.63 bits per heavy atom. The zero-order chi connectivity index (χ0) is 21.7. The van der Waals surface area contributed by atoms with Crippen LogP contribution < -0.4 is 10.1 Å². The SMILES string of the molecule is CCCOc1ccc(Br)cc1/C=C1/SC(=O)N(CC(=O)Nc2ccc(C)cc2)C1=O. The number of aryl methyl sites for hydroxylation is 1. The standard InChI is InChI=1S/C22H21BrN2O4S/c1-3-10-29-18-9-6-16(23)11-15(18)12-19-21(27)25(22(28)30-19)13-20(26)24-17-7-4-14(2)5-8-17/h4-9,11-12H,3,10,13H2,1-2H3,(H,24,26)/b19-12+. The first kappa shape index (κ1) is 22.1. The van der Waals surface area contributed by atoms with Crippen molar-refractivity contribution in [3.8, 4) is 5.75 Å². The monoisotopic (exact) mass is 488 g/mol. The molecule has 0 bridgehead atoms. The Morgan fingerprint density at radius 2 is 1.93 bits per heavy atom. The summed E-state index contributed by atoms with van der Waals surface area (Å²) < 4.78 is 6.56. The van der Waals surface area contributed by atoms with Crippen molar-refractivity contribution in [1.29, 1.82) is 0 Å². The Hall–Kier alpha value is -2.58. The largest absolute Gasteiger partial charge is 0.493 e. The van der Waals surface area contributed by atoms with Crippen molar-refractivity contribution in [1.82, 2.24) is 4.90 Å². The predicted octanol–water partition coefficient (Wildman–Crippen LogP) is 5.22. The third-order valence-corrected chi connectivity index (χ3v) is 5.63. The highest BCUT2D eigenvalue weighted by Gasteiger charge is 2.36. The van der Waals surface area contributed by atoms with Crippen molar-refractivity contribution in [3.05, 3.63) is 63.0 Å². The van der Waals surface area contributed by atoms with Gasteiger partial charge in [0.25, 0.3) is 11.1 Å².